The molecule has 0 rings (SSSR count). The maximum Gasteiger partial charge on any atom is 0.306 e. The van der Waals surface area contributed by atoms with Gasteiger partial charge in [-0.15, -0.1) is 0 Å². The predicted molar refractivity (Wildman–Crippen MR) is 349 cm³/mol. The van der Waals surface area contributed by atoms with E-state index in [1.807, 2.05) is 0 Å². The Morgan fingerprint density at radius 1 is 0.200 bits per heavy atom. The Morgan fingerprint density at radius 2 is 0.338 bits per heavy atom. The summed E-state index contributed by atoms with van der Waals surface area (Å²) in [7, 11) is 0. The predicted octanol–water partition coefficient (Wildman–Crippen LogP) is 25.4. The molecule has 0 aliphatic carbocycles. The maximum absolute atomic E-state index is 13.0. The first-order valence-corrected chi connectivity index (χ1v) is 37.0. The van der Waals surface area contributed by atoms with Gasteiger partial charge in [-0.05, 0) is 19.3 Å². The lowest BCUT2D eigenvalue weighted by molar-refractivity contribution is -0.167. The Bertz CT molecular complexity index is 1200. The summed E-state index contributed by atoms with van der Waals surface area (Å²) >= 11 is 0. The number of rotatable bonds is 70. The second kappa shape index (κ2) is 69.9. The molecule has 0 aromatic rings. The van der Waals surface area contributed by atoms with Crippen molar-refractivity contribution < 1.29 is 28.6 Å². The molecular weight excluding hydrogens is 985 g/mol. The van der Waals surface area contributed by atoms with Crippen LogP contribution < -0.4 is 0 Å². The van der Waals surface area contributed by atoms with Gasteiger partial charge in [0.15, 0.2) is 6.10 Å². The first kappa shape index (κ1) is 78.4. The van der Waals surface area contributed by atoms with Crippen LogP contribution in [0.2, 0.25) is 0 Å². The number of hydrogen-bond acceptors (Lipinski definition) is 6. The fourth-order valence-electron chi connectivity index (χ4n) is 11.8. The van der Waals surface area contributed by atoms with E-state index in [2.05, 4.69) is 20.8 Å². The van der Waals surface area contributed by atoms with Gasteiger partial charge >= 0.3 is 17.9 Å². The second-order valence-corrected chi connectivity index (χ2v) is 25.6. The average Bonchev–Trinajstić information content (AvgIpc) is 3.46. The van der Waals surface area contributed by atoms with E-state index in [-0.39, 0.29) is 31.1 Å². The van der Waals surface area contributed by atoms with E-state index in [4.69, 9.17) is 14.2 Å². The lowest BCUT2D eigenvalue weighted by Crippen LogP contribution is -2.30. The summed E-state index contributed by atoms with van der Waals surface area (Å²) in [5.74, 6) is -0.815. The Morgan fingerprint density at radius 3 is 0.500 bits per heavy atom. The third-order valence-electron chi connectivity index (χ3n) is 17.4. The first-order chi connectivity index (χ1) is 39.5. The first-order valence-electron chi connectivity index (χ1n) is 37.0. The topological polar surface area (TPSA) is 78.9 Å². The quantitative estimate of drug-likeness (QED) is 0.0343. The number of esters is 3. The second-order valence-electron chi connectivity index (χ2n) is 25.6. The van der Waals surface area contributed by atoms with Gasteiger partial charge in [-0.25, -0.2) is 0 Å². The van der Waals surface area contributed by atoms with Crippen molar-refractivity contribution in [1.29, 1.82) is 0 Å². The zero-order valence-electron chi connectivity index (χ0n) is 54.9. The van der Waals surface area contributed by atoms with Gasteiger partial charge in [-0.2, -0.15) is 0 Å². The Kier molecular flexibility index (Phi) is 68.5. The summed E-state index contributed by atoms with van der Waals surface area (Å²) in [5, 5.41) is 0. The van der Waals surface area contributed by atoms with Crippen molar-refractivity contribution in [2.75, 3.05) is 13.2 Å². The van der Waals surface area contributed by atoms with Crippen LogP contribution in [0.4, 0.5) is 0 Å². The van der Waals surface area contributed by atoms with Crippen molar-refractivity contribution in [1.82, 2.24) is 0 Å². The molecular formula is C74H144O6. The summed E-state index contributed by atoms with van der Waals surface area (Å²) in [4.78, 5) is 38.5. The summed E-state index contributed by atoms with van der Waals surface area (Å²) in [6.07, 6.45) is 82.8. The Balaban J connectivity index is 4.24. The number of carbonyl (C=O) groups excluding carboxylic acids is 3. The van der Waals surface area contributed by atoms with E-state index < -0.39 is 6.10 Å². The minimum absolute atomic E-state index is 0.0598. The molecule has 0 aliphatic rings. The lowest BCUT2D eigenvalue weighted by Gasteiger charge is -2.18. The van der Waals surface area contributed by atoms with E-state index in [1.54, 1.807) is 0 Å². The van der Waals surface area contributed by atoms with Crippen LogP contribution in [0.25, 0.3) is 0 Å². The summed E-state index contributed by atoms with van der Waals surface area (Å²) < 4.78 is 17.1. The van der Waals surface area contributed by atoms with Gasteiger partial charge in [-0.1, -0.05) is 400 Å². The van der Waals surface area contributed by atoms with Crippen molar-refractivity contribution in [2.24, 2.45) is 0 Å². The van der Waals surface area contributed by atoms with Crippen LogP contribution in [0, 0.1) is 0 Å². The van der Waals surface area contributed by atoms with Crippen LogP contribution in [-0.2, 0) is 28.6 Å². The van der Waals surface area contributed by atoms with Crippen LogP contribution in [-0.4, -0.2) is 37.2 Å². The molecule has 476 valence electrons. The molecule has 0 heterocycles. The van der Waals surface area contributed by atoms with Crippen molar-refractivity contribution in [2.45, 2.75) is 444 Å². The highest BCUT2D eigenvalue weighted by Crippen LogP contribution is 2.20. The number of unbranched alkanes of at least 4 members (excludes halogenated alkanes) is 59. The highest BCUT2D eigenvalue weighted by molar-refractivity contribution is 5.71. The number of carbonyl (C=O) groups is 3. The molecule has 0 amide bonds. The van der Waals surface area contributed by atoms with E-state index >= 15 is 0 Å². The van der Waals surface area contributed by atoms with E-state index in [9.17, 15) is 14.4 Å². The molecule has 80 heavy (non-hydrogen) atoms. The van der Waals surface area contributed by atoms with Gasteiger partial charge in [-0.3, -0.25) is 14.4 Å². The highest BCUT2D eigenvalue weighted by atomic mass is 16.6. The fourth-order valence-corrected chi connectivity index (χ4v) is 11.8. The molecule has 1 atom stereocenters. The summed E-state index contributed by atoms with van der Waals surface area (Å²) in [5.41, 5.74) is 0. The van der Waals surface area contributed by atoms with Gasteiger partial charge in [0.2, 0.25) is 0 Å². The van der Waals surface area contributed by atoms with Crippen LogP contribution >= 0.6 is 0 Å². The summed E-state index contributed by atoms with van der Waals surface area (Å²) in [6, 6.07) is 0. The van der Waals surface area contributed by atoms with Gasteiger partial charge in [0, 0.05) is 19.3 Å². The normalized spacial score (nSPS) is 11.9. The van der Waals surface area contributed by atoms with Crippen molar-refractivity contribution in [3.8, 4) is 0 Å². The molecule has 1 unspecified atom stereocenters. The molecule has 0 bridgehead atoms. The molecule has 0 aliphatic heterocycles. The molecule has 0 radical (unpaired) electrons. The minimum atomic E-state index is -0.764. The fraction of sp³-hybridized carbons (Fsp3) is 0.959. The molecule has 0 spiro atoms. The van der Waals surface area contributed by atoms with Crippen LogP contribution in [0.1, 0.15) is 438 Å². The molecule has 0 fully saturated rings. The summed E-state index contributed by atoms with van der Waals surface area (Å²) in [6.45, 7) is 6.76. The molecule has 0 N–H and O–H groups in total. The van der Waals surface area contributed by atoms with Crippen LogP contribution in [0.5, 0.6) is 0 Å². The van der Waals surface area contributed by atoms with Crippen molar-refractivity contribution in [3.05, 3.63) is 0 Å². The standard InChI is InChI=1S/C74H144O6/c1-4-7-10-13-16-19-22-25-28-31-33-35-37-39-40-43-46-49-52-55-58-61-64-67-73(76)79-70-71(69-78-72(75)66-63-60-57-54-51-48-45-42-30-27-24-21-18-15-12-9-6-3)80-74(77)68-65-62-59-56-53-50-47-44-41-38-36-34-32-29-26-23-20-17-14-11-8-5-2/h71H,4-70H2,1-3H3. The van der Waals surface area contributed by atoms with Gasteiger partial charge < -0.3 is 14.2 Å². The van der Waals surface area contributed by atoms with Crippen LogP contribution in [0.15, 0.2) is 0 Å². The monoisotopic (exact) mass is 1130 g/mol. The van der Waals surface area contributed by atoms with Crippen molar-refractivity contribution >= 4 is 17.9 Å². The zero-order chi connectivity index (χ0) is 57.8. The maximum atomic E-state index is 13.0. The number of hydrogen-bond donors (Lipinski definition) is 0. The molecule has 6 nitrogen and oxygen atoms in total. The zero-order valence-corrected chi connectivity index (χ0v) is 54.9. The lowest BCUT2D eigenvalue weighted by atomic mass is 10.0. The third-order valence-corrected chi connectivity index (χ3v) is 17.4. The van der Waals surface area contributed by atoms with E-state index in [0.717, 1.165) is 57.8 Å². The van der Waals surface area contributed by atoms with E-state index in [1.165, 1.54) is 340 Å². The SMILES string of the molecule is CCCCCCCCCCCCCCCCCCCCCCCCCC(=O)OCC(COC(=O)CCCCCCCCCCCCCCCCCCC)OC(=O)CCCCCCCCCCCCCCCCCCCCCCCC. The van der Waals surface area contributed by atoms with Gasteiger partial charge in [0.1, 0.15) is 13.2 Å². The third kappa shape index (κ3) is 67.2. The molecule has 0 aromatic carbocycles. The number of ether oxygens (including phenoxy) is 3. The van der Waals surface area contributed by atoms with Crippen molar-refractivity contribution in [3.63, 3.8) is 0 Å². The van der Waals surface area contributed by atoms with E-state index in [0.29, 0.717) is 19.3 Å². The minimum Gasteiger partial charge on any atom is -0.462 e. The Hall–Kier alpha value is -1.59. The van der Waals surface area contributed by atoms with Crippen LogP contribution in [0.3, 0.4) is 0 Å². The average molecular weight is 1130 g/mol. The highest BCUT2D eigenvalue weighted by Gasteiger charge is 2.20. The van der Waals surface area contributed by atoms with Gasteiger partial charge in [0.05, 0.1) is 0 Å². The smallest absolute Gasteiger partial charge is 0.306 e. The molecule has 0 aromatic heterocycles. The molecule has 6 heteroatoms. The molecule has 0 saturated carbocycles. The largest absolute Gasteiger partial charge is 0.462 e. The Labute approximate surface area is 501 Å². The van der Waals surface area contributed by atoms with Gasteiger partial charge in [0.25, 0.3) is 0 Å². The molecule has 0 saturated heterocycles.